The Morgan fingerprint density at radius 3 is 2.45 bits per heavy atom. The maximum Gasteiger partial charge on any atom is 0.341 e. The Balaban J connectivity index is 1.76. The zero-order chi connectivity index (χ0) is 20.8. The molecule has 0 saturated heterocycles. The van der Waals surface area contributed by atoms with Crippen LogP contribution in [0, 0.1) is 0 Å². The van der Waals surface area contributed by atoms with Crippen molar-refractivity contribution in [2.45, 2.75) is 38.1 Å². The van der Waals surface area contributed by atoms with Crippen molar-refractivity contribution in [3.05, 3.63) is 35.2 Å². The molecule has 1 saturated carbocycles. The van der Waals surface area contributed by atoms with Gasteiger partial charge in [0.25, 0.3) is 0 Å². The summed E-state index contributed by atoms with van der Waals surface area (Å²) in [5, 5.41) is 5.31. The number of hydrogen-bond acceptors (Lipinski definition) is 6. The van der Waals surface area contributed by atoms with E-state index < -0.39 is 5.97 Å². The van der Waals surface area contributed by atoms with Crippen LogP contribution in [0.1, 0.15) is 42.5 Å². The summed E-state index contributed by atoms with van der Waals surface area (Å²) in [4.78, 5) is 27.2. The minimum Gasteiger partial charge on any atom is -0.497 e. The SMILES string of the molecule is COC(=O)c1c(-c2ccc(OC)cc2)csc1NC(=O)CN(C)C1CCCCC1. The van der Waals surface area contributed by atoms with E-state index in [1.54, 1.807) is 7.11 Å². The Morgan fingerprint density at radius 1 is 1.14 bits per heavy atom. The first-order chi connectivity index (χ1) is 14.0. The molecule has 1 N–H and O–H groups in total. The number of rotatable bonds is 7. The molecule has 0 unspecified atom stereocenters. The predicted octanol–water partition coefficient (Wildman–Crippen LogP) is 4.41. The van der Waals surface area contributed by atoms with E-state index in [1.807, 2.05) is 36.7 Å². The van der Waals surface area contributed by atoms with E-state index in [9.17, 15) is 9.59 Å². The molecule has 6 nitrogen and oxygen atoms in total. The molecule has 1 aromatic heterocycles. The number of hydrogen-bond donors (Lipinski definition) is 1. The molecule has 0 bridgehead atoms. The highest BCUT2D eigenvalue weighted by Gasteiger charge is 2.24. The fourth-order valence-corrected chi connectivity index (χ4v) is 4.75. The van der Waals surface area contributed by atoms with Crippen molar-refractivity contribution >= 4 is 28.2 Å². The lowest BCUT2D eigenvalue weighted by molar-refractivity contribution is -0.117. The fourth-order valence-electron chi connectivity index (χ4n) is 3.78. The van der Waals surface area contributed by atoms with E-state index in [4.69, 9.17) is 9.47 Å². The number of benzene rings is 1. The summed E-state index contributed by atoms with van der Waals surface area (Å²) >= 11 is 1.33. The third-order valence-electron chi connectivity index (χ3n) is 5.43. The zero-order valence-corrected chi connectivity index (χ0v) is 18.0. The molecule has 7 heteroatoms. The molecule has 1 aliphatic carbocycles. The average molecular weight is 417 g/mol. The van der Waals surface area contributed by atoms with Gasteiger partial charge in [0.15, 0.2) is 0 Å². The summed E-state index contributed by atoms with van der Waals surface area (Å²) in [6.45, 7) is 0.307. The summed E-state index contributed by atoms with van der Waals surface area (Å²) in [6.07, 6.45) is 6.00. The van der Waals surface area contributed by atoms with E-state index in [0.717, 1.165) is 29.7 Å². The molecule has 0 spiro atoms. The Morgan fingerprint density at radius 2 is 1.83 bits per heavy atom. The molecule has 0 aliphatic heterocycles. The van der Waals surface area contributed by atoms with Crippen LogP contribution in [0.15, 0.2) is 29.6 Å². The van der Waals surface area contributed by atoms with Gasteiger partial charge in [-0.2, -0.15) is 0 Å². The Bertz CT molecular complexity index is 841. The van der Waals surface area contributed by atoms with Crippen molar-refractivity contribution in [3.63, 3.8) is 0 Å². The topological polar surface area (TPSA) is 67.9 Å². The van der Waals surface area contributed by atoms with Gasteiger partial charge in [-0.25, -0.2) is 4.79 Å². The maximum absolute atomic E-state index is 12.6. The van der Waals surface area contributed by atoms with Crippen molar-refractivity contribution in [1.29, 1.82) is 0 Å². The molecule has 0 radical (unpaired) electrons. The van der Waals surface area contributed by atoms with Gasteiger partial charge >= 0.3 is 5.97 Å². The second-order valence-electron chi connectivity index (χ2n) is 7.33. The molecule has 2 aromatic rings. The Kier molecular flexibility index (Phi) is 7.28. The number of likely N-dealkylation sites (N-methyl/N-ethyl adjacent to an activating group) is 1. The molecule has 0 atom stereocenters. The van der Waals surface area contributed by atoms with Gasteiger partial charge in [0.05, 0.1) is 20.8 Å². The molecule has 3 rings (SSSR count). The number of thiophene rings is 1. The predicted molar refractivity (Wildman–Crippen MR) is 116 cm³/mol. The summed E-state index contributed by atoms with van der Waals surface area (Å²) in [6, 6.07) is 7.90. The molecule has 156 valence electrons. The summed E-state index contributed by atoms with van der Waals surface area (Å²) in [5.41, 5.74) is 1.99. The van der Waals surface area contributed by atoms with E-state index in [-0.39, 0.29) is 5.91 Å². The molecular weight excluding hydrogens is 388 g/mol. The highest BCUT2D eigenvalue weighted by atomic mass is 32.1. The quantitative estimate of drug-likeness (QED) is 0.677. The number of carbonyl (C=O) groups excluding carboxylic acids is 2. The van der Waals surface area contributed by atoms with Gasteiger partial charge in [0.2, 0.25) is 5.91 Å². The van der Waals surface area contributed by atoms with Crippen LogP contribution >= 0.6 is 11.3 Å². The number of nitrogens with zero attached hydrogens (tertiary/aromatic N) is 1. The molecular formula is C22H28N2O4S. The first-order valence-electron chi connectivity index (χ1n) is 9.87. The number of ether oxygens (including phenoxy) is 2. The van der Waals surface area contributed by atoms with Crippen LogP contribution in [0.3, 0.4) is 0 Å². The van der Waals surface area contributed by atoms with Crippen LogP contribution in [0.25, 0.3) is 11.1 Å². The third kappa shape index (κ3) is 5.16. The van der Waals surface area contributed by atoms with E-state index in [2.05, 4.69) is 10.2 Å². The summed E-state index contributed by atoms with van der Waals surface area (Å²) < 4.78 is 10.2. The van der Waals surface area contributed by atoms with Crippen molar-refractivity contribution in [1.82, 2.24) is 4.90 Å². The summed E-state index contributed by atoms with van der Waals surface area (Å²) in [7, 11) is 4.95. The van der Waals surface area contributed by atoms with Crippen LogP contribution in [0.5, 0.6) is 5.75 Å². The molecule has 29 heavy (non-hydrogen) atoms. The molecule has 1 aliphatic rings. The normalized spacial score (nSPS) is 14.6. The maximum atomic E-state index is 12.6. The number of anilines is 1. The standard InChI is InChI=1S/C22H28N2O4S/c1-24(16-7-5-4-6-8-16)13-19(25)23-21-20(22(26)28-3)18(14-29-21)15-9-11-17(27-2)12-10-15/h9-12,14,16H,4-8,13H2,1-3H3,(H,23,25). The molecule has 1 fully saturated rings. The zero-order valence-electron chi connectivity index (χ0n) is 17.2. The first kappa shape index (κ1) is 21.3. The monoisotopic (exact) mass is 416 g/mol. The van der Waals surface area contributed by atoms with Gasteiger partial charge in [-0.15, -0.1) is 11.3 Å². The molecule has 1 aromatic carbocycles. The van der Waals surface area contributed by atoms with Crippen molar-refractivity contribution in [3.8, 4) is 16.9 Å². The van der Waals surface area contributed by atoms with Gasteiger partial charge in [-0.3, -0.25) is 9.69 Å². The smallest absolute Gasteiger partial charge is 0.341 e. The largest absolute Gasteiger partial charge is 0.497 e. The summed E-state index contributed by atoms with van der Waals surface area (Å²) in [5.74, 6) is 0.155. The van der Waals surface area contributed by atoms with Crippen molar-refractivity contribution in [2.24, 2.45) is 0 Å². The van der Waals surface area contributed by atoms with Crippen LogP contribution in [0.4, 0.5) is 5.00 Å². The highest BCUT2D eigenvalue weighted by molar-refractivity contribution is 7.15. The van der Waals surface area contributed by atoms with E-state index in [0.29, 0.717) is 23.2 Å². The van der Waals surface area contributed by atoms with Crippen LogP contribution in [0.2, 0.25) is 0 Å². The number of esters is 1. The number of amides is 1. The second kappa shape index (κ2) is 9.89. The van der Waals surface area contributed by atoms with Gasteiger partial charge in [0.1, 0.15) is 16.3 Å². The van der Waals surface area contributed by atoms with Crippen LogP contribution in [-0.4, -0.2) is 50.6 Å². The average Bonchev–Trinajstić information content (AvgIpc) is 3.17. The number of nitrogens with one attached hydrogen (secondary N) is 1. The lowest BCUT2D eigenvalue weighted by atomic mass is 9.94. The van der Waals surface area contributed by atoms with Gasteiger partial charge in [0, 0.05) is 17.0 Å². The Hall–Kier alpha value is -2.38. The van der Waals surface area contributed by atoms with Gasteiger partial charge in [-0.05, 0) is 37.6 Å². The number of carbonyl (C=O) groups is 2. The fraction of sp³-hybridized carbons (Fsp3) is 0.455. The minimum atomic E-state index is -0.465. The lowest BCUT2D eigenvalue weighted by Gasteiger charge is -2.30. The molecule has 1 heterocycles. The highest BCUT2D eigenvalue weighted by Crippen LogP contribution is 2.36. The van der Waals surface area contributed by atoms with Gasteiger partial charge < -0.3 is 14.8 Å². The van der Waals surface area contributed by atoms with E-state index in [1.165, 1.54) is 37.7 Å². The Labute approximate surface area is 175 Å². The number of methoxy groups -OCH3 is 2. The lowest BCUT2D eigenvalue weighted by Crippen LogP contribution is -2.39. The first-order valence-corrected chi connectivity index (χ1v) is 10.8. The van der Waals surface area contributed by atoms with Crippen LogP contribution < -0.4 is 10.1 Å². The van der Waals surface area contributed by atoms with Gasteiger partial charge in [-0.1, -0.05) is 31.4 Å². The second-order valence-corrected chi connectivity index (χ2v) is 8.21. The third-order valence-corrected chi connectivity index (χ3v) is 6.32. The van der Waals surface area contributed by atoms with Crippen molar-refractivity contribution in [2.75, 3.05) is 33.1 Å². The van der Waals surface area contributed by atoms with Crippen molar-refractivity contribution < 1.29 is 19.1 Å². The molecule has 1 amide bonds. The van der Waals surface area contributed by atoms with Crippen LogP contribution in [-0.2, 0) is 9.53 Å². The minimum absolute atomic E-state index is 0.119. The van der Waals surface area contributed by atoms with E-state index >= 15 is 0 Å².